The molecule has 1 aliphatic rings. The second kappa shape index (κ2) is 17.6. The fourth-order valence-corrected chi connectivity index (χ4v) is 4.49. The minimum atomic E-state index is -4.79. The first-order valence-electron chi connectivity index (χ1n) is 13.7. The lowest BCUT2D eigenvalue weighted by atomic mass is 10.0. The molecule has 1 aromatic heterocycles. The van der Waals surface area contributed by atoms with Gasteiger partial charge >= 0.3 is 30.3 Å². The lowest BCUT2D eigenvalue weighted by molar-refractivity contribution is -0.143. The summed E-state index contributed by atoms with van der Waals surface area (Å²) in [6.45, 7) is 3.48. The van der Waals surface area contributed by atoms with E-state index >= 15 is 0 Å². The maximum atomic E-state index is 12.4. The largest absolute Gasteiger partial charge is 0.478 e. The third-order valence-corrected chi connectivity index (χ3v) is 7.01. The van der Waals surface area contributed by atoms with E-state index in [-0.39, 0.29) is 23.7 Å². The van der Waals surface area contributed by atoms with Crippen molar-refractivity contribution in [2.24, 2.45) is 0 Å². The van der Waals surface area contributed by atoms with E-state index in [1.807, 2.05) is 24.3 Å². The zero-order valence-electron chi connectivity index (χ0n) is 25.3. The molecule has 260 valence electrons. The molecule has 0 aliphatic carbocycles. The molecule has 0 radical (unpaired) electrons. The second-order valence-electron chi connectivity index (χ2n) is 9.96. The zero-order chi connectivity index (χ0) is 36.2. The molecule has 11 nitrogen and oxygen atoms in total. The number of hydrogen-bond donors (Lipinski definition) is 4. The molecule has 2 heterocycles. The highest BCUT2D eigenvalue weighted by atomic mass is 79.9. The van der Waals surface area contributed by atoms with Crippen LogP contribution in [-0.2, 0) is 28.5 Å². The molecule has 4 N–H and O–H groups in total. The monoisotopic (exact) mass is 749 g/mol. The van der Waals surface area contributed by atoms with Crippen LogP contribution in [0.5, 0.6) is 0 Å². The van der Waals surface area contributed by atoms with Crippen molar-refractivity contribution >= 4 is 39.8 Å². The Hall–Kier alpha value is -4.55. The third-order valence-electron chi connectivity index (χ3n) is 6.32. The highest BCUT2D eigenvalue weighted by Gasteiger charge is 2.36. The number of rotatable bonds is 7. The van der Waals surface area contributed by atoms with Gasteiger partial charge in [-0.25, -0.2) is 24.4 Å². The number of likely N-dealkylation sites (N-methyl/N-ethyl adjacent to an activating group) is 1. The summed E-state index contributed by atoms with van der Waals surface area (Å²) in [5.41, 5.74) is -1.35. The van der Waals surface area contributed by atoms with Crippen LogP contribution in [0.4, 0.5) is 32.3 Å². The maximum Gasteiger partial charge on any atom is 0.416 e. The second-order valence-corrected chi connectivity index (χ2v) is 10.8. The van der Waals surface area contributed by atoms with Gasteiger partial charge in [-0.2, -0.15) is 26.3 Å². The summed E-state index contributed by atoms with van der Waals surface area (Å²) in [5, 5.41) is 27.6. The topological polar surface area (TPSA) is 156 Å². The summed E-state index contributed by atoms with van der Waals surface area (Å²) in [5.74, 6) is -2.96. The van der Waals surface area contributed by atoms with Gasteiger partial charge < -0.3 is 30.4 Å². The fraction of sp³-hybridized carbons (Fsp3) is 0.300. The molecule has 1 aliphatic heterocycles. The van der Waals surface area contributed by atoms with Crippen LogP contribution in [-0.4, -0.2) is 88.4 Å². The van der Waals surface area contributed by atoms with E-state index in [2.05, 4.69) is 48.1 Å². The first-order valence-corrected chi connectivity index (χ1v) is 14.5. The van der Waals surface area contributed by atoms with Crippen LogP contribution in [0.3, 0.4) is 0 Å². The Balaban J connectivity index is 0.000000281. The van der Waals surface area contributed by atoms with Gasteiger partial charge in [0.05, 0.1) is 16.8 Å². The molecule has 2 aromatic carbocycles. The van der Waals surface area contributed by atoms with Crippen LogP contribution in [0.1, 0.15) is 27.0 Å². The Morgan fingerprint density at radius 2 is 1.42 bits per heavy atom. The number of aromatic nitrogens is 2. The summed E-state index contributed by atoms with van der Waals surface area (Å²) in [7, 11) is 3.52. The van der Waals surface area contributed by atoms with Gasteiger partial charge in [-0.15, -0.1) is 0 Å². The van der Waals surface area contributed by atoms with Gasteiger partial charge in [0.1, 0.15) is 5.56 Å². The molecule has 3 aromatic rings. The number of nitrogens with zero attached hydrogens (tertiary/aromatic N) is 4. The van der Waals surface area contributed by atoms with E-state index < -0.39 is 41.4 Å². The molecular weight excluding hydrogens is 720 g/mol. The number of carboxylic acids is 3. The number of aliphatic carboxylic acids is 2. The predicted octanol–water partition coefficient (Wildman–Crippen LogP) is 5.51. The first-order chi connectivity index (χ1) is 22.3. The molecule has 48 heavy (non-hydrogen) atoms. The Bertz CT molecular complexity index is 1560. The van der Waals surface area contributed by atoms with Crippen LogP contribution >= 0.6 is 15.9 Å². The van der Waals surface area contributed by atoms with E-state index in [9.17, 15) is 45.8 Å². The third kappa shape index (κ3) is 12.6. The maximum absolute atomic E-state index is 12.4. The van der Waals surface area contributed by atoms with E-state index in [0.717, 1.165) is 36.2 Å². The van der Waals surface area contributed by atoms with Gasteiger partial charge in [0.2, 0.25) is 5.95 Å². The summed E-state index contributed by atoms with van der Waals surface area (Å²) in [4.78, 5) is 43.8. The minimum absolute atomic E-state index is 0.0605. The van der Waals surface area contributed by atoms with Crippen molar-refractivity contribution in [3.63, 3.8) is 0 Å². The van der Waals surface area contributed by atoms with Crippen LogP contribution < -0.4 is 10.2 Å². The van der Waals surface area contributed by atoms with Gasteiger partial charge in [-0.3, -0.25) is 0 Å². The van der Waals surface area contributed by atoms with Crippen molar-refractivity contribution in [1.82, 2.24) is 20.2 Å². The molecule has 0 bridgehead atoms. The summed E-state index contributed by atoms with van der Waals surface area (Å²) < 4.78 is 75.1. The van der Waals surface area contributed by atoms with Gasteiger partial charge in [0, 0.05) is 61.1 Å². The lowest BCUT2D eigenvalue weighted by Gasteiger charge is -2.32. The van der Waals surface area contributed by atoms with E-state index in [4.69, 9.17) is 10.2 Å². The van der Waals surface area contributed by atoms with E-state index in [0.29, 0.717) is 35.9 Å². The van der Waals surface area contributed by atoms with E-state index in [1.165, 1.54) is 13.2 Å². The quantitative estimate of drug-likeness (QED) is 0.179. The summed E-state index contributed by atoms with van der Waals surface area (Å²) in [6.07, 6.45) is -7.06. The predicted molar refractivity (Wildman–Crippen MR) is 165 cm³/mol. The standard InChI is InChI=1S/C16H17BrN4O2.C10H9F6N.C4H4O4/c1-20-6-8-21(9-7-20)16-18-10-12(15(22)23)14(19-16)11-4-2-3-5-13(11)17;1-17-5-6-2-7(9(11,12)13)4-8(3-6)10(14,15)16;5-3(6)1-2-4(7)8/h2-5,10H,6-9H2,1H3,(H,22,23);2-4,17H,5H2,1H3;1-2H,(H,5,6)(H,7,8)/b;;2-1+. The number of carbonyl (C=O) groups is 3. The molecule has 1 fully saturated rings. The average Bonchev–Trinajstić information content (AvgIpc) is 3.00. The number of hydrogen-bond acceptors (Lipinski definition) is 8. The Morgan fingerprint density at radius 3 is 1.85 bits per heavy atom. The lowest BCUT2D eigenvalue weighted by Crippen LogP contribution is -2.45. The number of alkyl halides is 6. The van der Waals surface area contributed by atoms with Gasteiger partial charge in [-0.1, -0.05) is 34.1 Å². The Kier molecular flexibility index (Phi) is 14.5. The highest BCUT2D eigenvalue weighted by molar-refractivity contribution is 9.10. The Labute approximate surface area is 278 Å². The summed E-state index contributed by atoms with van der Waals surface area (Å²) >= 11 is 3.47. The minimum Gasteiger partial charge on any atom is -0.478 e. The molecule has 0 spiro atoms. The molecule has 4 rings (SSSR count). The number of benzene rings is 2. The smallest absolute Gasteiger partial charge is 0.416 e. The van der Waals surface area contributed by atoms with Gasteiger partial charge in [0.15, 0.2) is 0 Å². The average molecular weight is 750 g/mol. The summed E-state index contributed by atoms with van der Waals surface area (Å²) in [6, 6.07) is 8.99. The molecule has 0 unspecified atom stereocenters. The number of piperazine rings is 1. The van der Waals surface area contributed by atoms with Crippen molar-refractivity contribution in [1.29, 1.82) is 0 Å². The molecule has 0 saturated carbocycles. The van der Waals surface area contributed by atoms with Gasteiger partial charge in [-0.05, 0) is 43.9 Å². The molecular formula is C30H30BrF6N5O6. The number of carboxylic acid groups (broad SMARTS) is 3. The number of halogens is 7. The SMILES string of the molecule is CN1CCN(c2ncc(C(=O)O)c(-c3ccccc3Br)n2)CC1.CNCc1cc(C(F)(F)F)cc(C(F)(F)F)c1.O=C(O)/C=C/C(=O)O. The fourth-order valence-electron chi connectivity index (χ4n) is 4.01. The van der Waals surface area contributed by atoms with Crippen molar-refractivity contribution in [3.8, 4) is 11.3 Å². The molecule has 0 atom stereocenters. The van der Waals surface area contributed by atoms with Crippen LogP contribution in [0.15, 0.2) is 65.3 Å². The van der Waals surface area contributed by atoms with Crippen molar-refractivity contribution in [2.75, 3.05) is 45.2 Å². The van der Waals surface area contributed by atoms with Crippen LogP contribution in [0.2, 0.25) is 0 Å². The zero-order valence-corrected chi connectivity index (χ0v) is 26.9. The normalized spacial score (nSPS) is 13.6. The van der Waals surface area contributed by atoms with E-state index in [1.54, 1.807) is 0 Å². The molecule has 18 heteroatoms. The number of nitrogens with one attached hydrogen (secondary N) is 1. The number of anilines is 1. The van der Waals surface area contributed by atoms with Crippen molar-refractivity contribution < 1.29 is 56.0 Å². The van der Waals surface area contributed by atoms with Crippen LogP contribution in [0, 0.1) is 0 Å². The van der Waals surface area contributed by atoms with Crippen molar-refractivity contribution in [2.45, 2.75) is 18.9 Å². The van der Waals surface area contributed by atoms with Crippen molar-refractivity contribution in [3.05, 3.63) is 87.5 Å². The molecule has 0 amide bonds. The number of aromatic carboxylic acids is 1. The van der Waals surface area contributed by atoms with Gasteiger partial charge in [0.25, 0.3) is 0 Å². The molecule has 1 saturated heterocycles. The highest BCUT2D eigenvalue weighted by Crippen LogP contribution is 2.36. The van der Waals surface area contributed by atoms with Crippen LogP contribution in [0.25, 0.3) is 11.3 Å². The Morgan fingerprint density at radius 1 is 0.896 bits per heavy atom. The first kappa shape index (κ1) is 39.6.